The highest BCUT2D eigenvalue weighted by atomic mass is 19.1. The van der Waals surface area contributed by atoms with Crippen molar-refractivity contribution in [3.8, 4) is 0 Å². The lowest BCUT2D eigenvalue weighted by molar-refractivity contribution is 0.0968. The molecule has 3 aromatic rings. The molecule has 7 heteroatoms. The molecule has 2 aliphatic rings. The maximum absolute atomic E-state index is 14.8. The van der Waals surface area contributed by atoms with Crippen molar-refractivity contribution in [1.82, 2.24) is 15.0 Å². The Morgan fingerprint density at radius 2 is 1.68 bits per heavy atom. The standard InChI is InChI=1S/C21H17FN4O2/c1-11-4-7-26(8-5-11)16-10-15-14(9-13(16)22)24-18-19(25-15)21(28)17-12(20(18)27)3-2-6-23-17/h2-3,6,9-11H,4-5,7-8H2,1H3. The number of halogens is 1. The topological polar surface area (TPSA) is 76.1 Å². The molecular weight excluding hydrogens is 359 g/mol. The second-order valence-corrected chi connectivity index (χ2v) is 7.44. The molecule has 0 unspecified atom stereocenters. The van der Waals surface area contributed by atoms with Gasteiger partial charge in [-0.2, -0.15) is 0 Å². The molecule has 0 bridgehead atoms. The van der Waals surface area contributed by atoms with Gasteiger partial charge in [-0.15, -0.1) is 0 Å². The van der Waals surface area contributed by atoms with Crippen LogP contribution in [0.5, 0.6) is 0 Å². The number of ketones is 2. The van der Waals surface area contributed by atoms with Gasteiger partial charge in [-0.1, -0.05) is 6.92 Å². The molecule has 2 aromatic heterocycles. The maximum atomic E-state index is 14.8. The van der Waals surface area contributed by atoms with Gasteiger partial charge in [-0.25, -0.2) is 14.4 Å². The molecule has 1 aliphatic heterocycles. The molecule has 1 fully saturated rings. The Morgan fingerprint density at radius 1 is 1.00 bits per heavy atom. The van der Waals surface area contributed by atoms with Crippen LogP contribution in [0.25, 0.3) is 11.0 Å². The number of fused-ring (bicyclic) bond motifs is 3. The fourth-order valence-electron chi connectivity index (χ4n) is 3.88. The van der Waals surface area contributed by atoms with Gasteiger partial charge >= 0.3 is 0 Å². The van der Waals surface area contributed by atoms with E-state index in [1.165, 1.54) is 12.3 Å². The minimum absolute atomic E-state index is 0.0199. The largest absolute Gasteiger partial charge is 0.369 e. The summed E-state index contributed by atoms with van der Waals surface area (Å²) in [5, 5.41) is 0. The number of carbonyl (C=O) groups excluding carboxylic acids is 2. The number of rotatable bonds is 1. The molecule has 3 heterocycles. The normalized spacial score (nSPS) is 17.0. The van der Waals surface area contributed by atoms with Crippen LogP contribution in [0.1, 0.15) is 52.0 Å². The second-order valence-electron chi connectivity index (χ2n) is 7.44. The Balaban J connectivity index is 1.64. The quantitative estimate of drug-likeness (QED) is 0.508. The van der Waals surface area contributed by atoms with Crippen molar-refractivity contribution in [2.45, 2.75) is 19.8 Å². The van der Waals surface area contributed by atoms with E-state index in [-0.39, 0.29) is 28.2 Å². The van der Waals surface area contributed by atoms with Crippen molar-refractivity contribution in [3.05, 3.63) is 58.9 Å². The summed E-state index contributed by atoms with van der Waals surface area (Å²) >= 11 is 0. The average molecular weight is 376 g/mol. The first kappa shape index (κ1) is 16.9. The Hall–Kier alpha value is -3.22. The molecular formula is C21H17FN4O2. The zero-order valence-corrected chi connectivity index (χ0v) is 15.3. The van der Waals surface area contributed by atoms with Gasteiger partial charge in [0.05, 0.1) is 22.3 Å². The number of carbonyl (C=O) groups is 2. The number of benzene rings is 1. The number of anilines is 1. The molecule has 28 heavy (non-hydrogen) atoms. The van der Waals surface area contributed by atoms with Gasteiger partial charge in [-0.05, 0) is 37.0 Å². The summed E-state index contributed by atoms with van der Waals surface area (Å²) in [6.45, 7) is 3.74. The van der Waals surface area contributed by atoms with Crippen molar-refractivity contribution in [2.75, 3.05) is 18.0 Å². The lowest BCUT2D eigenvalue weighted by Crippen LogP contribution is -2.33. The van der Waals surface area contributed by atoms with Crippen molar-refractivity contribution in [2.24, 2.45) is 5.92 Å². The number of piperidine rings is 1. The highest BCUT2D eigenvalue weighted by Crippen LogP contribution is 2.30. The number of nitrogens with zero attached hydrogens (tertiary/aromatic N) is 4. The Kier molecular flexibility index (Phi) is 3.72. The zero-order valence-electron chi connectivity index (χ0n) is 15.3. The summed E-state index contributed by atoms with van der Waals surface area (Å²) < 4.78 is 14.8. The molecule has 0 radical (unpaired) electrons. The lowest BCUT2D eigenvalue weighted by Gasteiger charge is -2.32. The minimum atomic E-state index is -0.433. The van der Waals surface area contributed by atoms with E-state index in [0.29, 0.717) is 17.1 Å². The Bertz CT molecular complexity index is 1150. The van der Waals surface area contributed by atoms with Gasteiger partial charge in [0.25, 0.3) is 0 Å². The summed E-state index contributed by atoms with van der Waals surface area (Å²) in [5.74, 6) is -0.616. The molecule has 6 nitrogen and oxygen atoms in total. The monoisotopic (exact) mass is 376 g/mol. The maximum Gasteiger partial charge on any atom is 0.232 e. The number of hydrogen-bond donors (Lipinski definition) is 0. The molecule has 0 saturated carbocycles. The van der Waals surface area contributed by atoms with Crippen LogP contribution in [0, 0.1) is 11.7 Å². The van der Waals surface area contributed by atoms with Crippen LogP contribution in [0.2, 0.25) is 0 Å². The van der Waals surface area contributed by atoms with E-state index in [1.54, 1.807) is 18.2 Å². The highest BCUT2D eigenvalue weighted by Gasteiger charge is 2.34. The number of pyridine rings is 1. The fourth-order valence-corrected chi connectivity index (χ4v) is 3.88. The van der Waals surface area contributed by atoms with Crippen LogP contribution in [0.3, 0.4) is 0 Å². The Morgan fingerprint density at radius 3 is 2.43 bits per heavy atom. The molecule has 1 saturated heterocycles. The van der Waals surface area contributed by atoms with Crippen molar-refractivity contribution < 1.29 is 14.0 Å². The van der Waals surface area contributed by atoms with Crippen LogP contribution < -0.4 is 4.90 Å². The molecule has 5 rings (SSSR count). The van der Waals surface area contributed by atoms with E-state index in [2.05, 4.69) is 21.9 Å². The first-order valence-electron chi connectivity index (χ1n) is 9.33. The average Bonchev–Trinajstić information content (AvgIpc) is 2.71. The van der Waals surface area contributed by atoms with E-state index in [9.17, 15) is 14.0 Å². The lowest BCUT2D eigenvalue weighted by atomic mass is 9.93. The SMILES string of the molecule is CC1CCN(c2cc3nc4c(nc3cc2F)C(=O)c2cccnc2C4=O)CC1. The van der Waals surface area contributed by atoms with E-state index in [0.717, 1.165) is 25.9 Å². The van der Waals surface area contributed by atoms with Gasteiger partial charge in [0, 0.05) is 25.4 Å². The van der Waals surface area contributed by atoms with Crippen molar-refractivity contribution >= 4 is 28.3 Å². The van der Waals surface area contributed by atoms with Gasteiger partial charge in [0.15, 0.2) is 0 Å². The first-order chi connectivity index (χ1) is 13.5. The van der Waals surface area contributed by atoms with Crippen LogP contribution in [0.4, 0.5) is 10.1 Å². The number of hydrogen-bond acceptors (Lipinski definition) is 6. The molecule has 0 N–H and O–H groups in total. The van der Waals surface area contributed by atoms with Crippen molar-refractivity contribution in [1.29, 1.82) is 0 Å². The molecule has 0 amide bonds. The van der Waals surface area contributed by atoms with Crippen LogP contribution in [-0.2, 0) is 0 Å². The third-order valence-corrected chi connectivity index (χ3v) is 5.55. The molecule has 0 atom stereocenters. The second kappa shape index (κ2) is 6.15. The third kappa shape index (κ3) is 2.50. The predicted octanol–water partition coefficient (Wildman–Crippen LogP) is 3.18. The highest BCUT2D eigenvalue weighted by molar-refractivity contribution is 6.26. The van der Waals surface area contributed by atoms with Crippen LogP contribution in [-0.4, -0.2) is 39.6 Å². The Labute approximate surface area is 160 Å². The molecule has 1 aromatic carbocycles. The van der Waals surface area contributed by atoms with E-state index in [4.69, 9.17) is 0 Å². The molecule has 1 aliphatic carbocycles. The van der Waals surface area contributed by atoms with Crippen LogP contribution >= 0.6 is 0 Å². The summed E-state index contributed by atoms with van der Waals surface area (Å²) in [5.41, 5.74) is 1.34. The van der Waals surface area contributed by atoms with Crippen LogP contribution in [0.15, 0.2) is 30.5 Å². The van der Waals surface area contributed by atoms with Gasteiger partial charge < -0.3 is 4.90 Å². The van der Waals surface area contributed by atoms with E-state index < -0.39 is 17.4 Å². The third-order valence-electron chi connectivity index (χ3n) is 5.55. The summed E-state index contributed by atoms with van der Waals surface area (Å²) in [4.78, 5) is 40.2. The summed E-state index contributed by atoms with van der Waals surface area (Å²) in [7, 11) is 0. The van der Waals surface area contributed by atoms with Gasteiger partial charge in [0.2, 0.25) is 11.6 Å². The van der Waals surface area contributed by atoms with Gasteiger partial charge in [-0.3, -0.25) is 14.6 Å². The minimum Gasteiger partial charge on any atom is -0.369 e. The number of aromatic nitrogens is 3. The fraction of sp³-hybridized carbons (Fsp3) is 0.286. The first-order valence-corrected chi connectivity index (χ1v) is 9.33. The smallest absolute Gasteiger partial charge is 0.232 e. The van der Waals surface area contributed by atoms with E-state index >= 15 is 0 Å². The van der Waals surface area contributed by atoms with E-state index in [1.807, 2.05) is 4.90 Å². The summed E-state index contributed by atoms with van der Waals surface area (Å²) in [6, 6.07) is 6.06. The predicted molar refractivity (Wildman–Crippen MR) is 101 cm³/mol. The van der Waals surface area contributed by atoms with Gasteiger partial charge in [0.1, 0.15) is 22.9 Å². The molecule has 140 valence electrons. The molecule has 0 spiro atoms. The van der Waals surface area contributed by atoms with Crippen molar-refractivity contribution in [3.63, 3.8) is 0 Å². The zero-order chi connectivity index (χ0) is 19.4. The summed E-state index contributed by atoms with van der Waals surface area (Å²) in [6.07, 6.45) is 3.47.